The Labute approximate surface area is 165 Å². The van der Waals surface area contributed by atoms with Crippen molar-refractivity contribution in [2.24, 2.45) is 0 Å². The van der Waals surface area contributed by atoms with Gasteiger partial charge in [-0.25, -0.2) is 8.42 Å². The van der Waals surface area contributed by atoms with Gasteiger partial charge in [0.15, 0.2) is 0 Å². The van der Waals surface area contributed by atoms with Crippen LogP contribution in [0.2, 0.25) is 5.02 Å². The van der Waals surface area contributed by atoms with Gasteiger partial charge in [-0.15, -0.1) is 0 Å². The standard InChI is InChI=1S/C19H23ClN2O4S/c1-25-11-10-22-9-3-4-14-5-6-15(12-18(14)22)21-27(23,24)16-7-8-19(26-2)17(20)13-16/h5-8,12-13,21H,3-4,9-11H2,1-2H3. The minimum atomic E-state index is -3.75. The van der Waals surface area contributed by atoms with E-state index in [4.69, 9.17) is 21.1 Å². The topological polar surface area (TPSA) is 67.9 Å². The molecule has 0 bridgehead atoms. The second kappa shape index (κ2) is 8.37. The zero-order valence-electron chi connectivity index (χ0n) is 15.4. The molecule has 1 aliphatic heterocycles. The van der Waals surface area contributed by atoms with E-state index in [0.717, 1.165) is 31.6 Å². The van der Waals surface area contributed by atoms with Crippen molar-refractivity contribution in [3.05, 3.63) is 47.0 Å². The van der Waals surface area contributed by atoms with Crippen molar-refractivity contribution in [3.8, 4) is 5.75 Å². The summed E-state index contributed by atoms with van der Waals surface area (Å²) < 4.78 is 38.4. The summed E-state index contributed by atoms with van der Waals surface area (Å²) in [5.41, 5.74) is 2.78. The second-order valence-electron chi connectivity index (χ2n) is 6.33. The van der Waals surface area contributed by atoms with Gasteiger partial charge in [-0.05, 0) is 48.7 Å². The summed E-state index contributed by atoms with van der Waals surface area (Å²) in [6.45, 7) is 2.33. The molecule has 1 aliphatic rings. The molecule has 2 aromatic carbocycles. The Hall–Kier alpha value is -1.96. The Kier molecular flexibility index (Phi) is 6.14. The molecule has 0 spiro atoms. The molecule has 1 N–H and O–H groups in total. The van der Waals surface area contributed by atoms with Crippen molar-refractivity contribution >= 4 is 33.0 Å². The Bertz CT molecular complexity index is 918. The molecule has 0 aromatic heterocycles. The van der Waals surface area contributed by atoms with Crippen LogP contribution in [-0.4, -0.2) is 42.3 Å². The number of benzene rings is 2. The quantitative estimate of drug-likeness (QED) is 0.756. The molecule has 0 amide bonds. The van der Waals surface area contributed by atoms with Crippen LogP contribution in [0.1, 0.15) is 12.0 Å². The fourth-order valence-electron chi connectivity index (χ4n) is 3.18. The van der Waals surface area contributed by atoms with Crippen molar-refractivity contribution in [1.29, 1.82) is 0 Å². The number of nitrogens with one attached hydrogen (secondary N) is 1. The number of fused-ring (bicyclic) bond motifs is 1. The van der Waals surface area contributed by atoms with Crippen LogP contribution in [0.25, 0.3) is 0 Å². The minimum Gasteiger partial charge on any atom is -0.495 e. The van der Waals surface area contributed by atoms with Crippen molar-refractivity contribution in [2.45, 2.75) is 17.7 Å². The molecular formula is C19H23ClN2O4S. The van der Waals surface area contributed by atoms with E-state index in [-0.39, 0.29) is 9.92 Å². The summed E-state index contributed by atoms with van der Waals surface area (Å²) in [4.78, 5) is 2.31. The Morgan fingerprint density at radius 2 is 2.00 bits per heavy atom. The maximum Gasteiger partial charge on any atom is 0.261 e. The van der Waals surface area contributed by atoms with Gasteiger partial charge in [0.2, 0.25) is 0 Å². The average Bonchev–Trinajstić information content (AvgIpc) is 2.66. The van der Waals surface area contributed by atoms with Crippen molar-refractivity contribution in [1.82, 2.24) is 0 Å². The monoisotopic (exact) mass is 410 g/mol. The molecule has 8 heteroatoms. The van der Waals surface area contributed by atoms with Crippen LogP contribution < -0.4 is 14.4 Å². The van der Waals surface area contributed by atoms with Gasteiger partial charge in [0, 0.05) is 25.9 Å². The van der Waals surface area contributed by atoms with Gasteiger partial charge in [-0.1, -0.05) is 17.7 Å². The maximum absolute atomic E-state index is 12.7. The lowest BCUT2D eigenvalue weighted by molar-refractivity contribution is 0.205. The van der Waals surface area contributed by atoms with Gasteiger partial charge in [0.1, 0.15) is 5.75 Å². The van der Waals surface area contributed by atoms with E-state index in [1.165, 1.54) is 30.9 Å². The largest absolute Gasteiger partial charge is 0.495 e. The van der Waals surface area contributed by atoms with Crippen LogP contribution in [0.5, 0.6) is 5.75 Å². The molecular weight excluding hydrogens is 388 g/mol. The number of sulfonamides is 1. The summed E-state index contributed by atoms with van der Waals surface area (Å²) >= 11 is 6.07. The number of anilines is 2. The Morgan fingerprint density at radius 3 is 2.70 bits per heavy atom. The number of halogens is 1. The lowest BCUT2D eigenvalue weighted by Gasteiger charge is -2.31. The van der Waals surface area contributed by atoms with Crippen LogP contribution in [-0.2, 0) is 21.2 Å². The molecule has 1 heterocycles. The van der Waals surface area contributed by atoms with Gasteiger partial charge in [-0.3, -0.25) is 4.72 Å². The molecule has 0 unspecified atom stereocenters. The summed E-state index contributed by atoms with van der Waals surface area (Å²) in [5, 5.41) is 0.247. The highest BCUT2D eigenvalue weighted by Crippen LogP contribution is 2.32. The van der Waals surface area contributed by atoms with E-state index in [1.54, 1.807) is 13.2 Å². The average molecular weight is 411 g/mol. The minimum absolute atomic E-state index is 0.0854. The molecule has 146 valence electrons. The molecule has 0 saturated carbocycles. The molecule has 27 heavy (non-hydrogen) atoms. The number of hydrogen-bond acceptors (Lipinski definition) is 5. The Balaban J connectivity index is 1.86. The lowest BCUT2D eigenvalue weighted by atomic mass is 10.0. The third-order valence-electron chi connectivity index (χ3n) is 4.55. The first kappa shape index (κ1) is 19.8. The van der Waals surface area contributed by atoms with E-state index in [1.807, 2.05) is 12.1 Å². The molecule has 0 aliphatic carbocycles. The number of hydrogen-bond donors (Lipinski definition) is 1. The summed E-state index contributed by atoms with van der Waals surface area (Å²) in [5.74, 6) is 0.429. The molecule has 0 atom stereocenters. The highest BCUT2D eigenvalue weighted by Gasteiger charge is 2.20. The van der Waals surface area contributed by atoms with Crippen LogP contribution in [0.3, 0.4) is 0 Å². The first-order valence-electron chi connectivity index (χ1n) is 8.68. The third kappa shape index (κ3) is 4.48. The zero-order chi connectivity index (χ0) is 19.4. The fourth-order valence-corrected chi connectivity index (χ4v) is 4.57. The second-order valence-corrected chi connectivity index (χ2v) is 8.42. The molecule has 6 nitrogen and oxygen atoms in total. The normalized spacial score (nSPS) is 14.0. The van der Waals surface area contributed by atoms with Gasteiger partial charge in [-0.2, -0.15) is 0 Å². The number of aryl methyl sites for hydroxylation is 1. The lowest BCUT2D eigenvalue weighted by Crippen LogP contribution is -2.32. The van der Waals surface area contributed by atoms with E-state index >= 15 is 0 Å². The molecule has 0 fully saturated rings. The fraction of sp³-hybridized carbons (Fsp3) is 0.368. The predicted octanol–water partition coefficient (Wildman–Crippen LogP) is 3.55. The van der Waals surface area contributed by atoms with Gasteiger partial charge in [0.25, 0.3) is 10.0 Å². The highest BCUT2D eigenvalue weighted by atomic mass is 35.5. The van der Waals surface area contributed by atoms with Crippen LogP contribution in [0.15, 0.2) is 41.3 Å². The molecule has 0 saturated heterocycles. The van der Waals surface area contributed by atoms with E-state index in [0.29, 0.717) is 18.0 Å². The summed E-state index contributed by atoms with van der Waals surface area (Å²) in [7, 11) is -0.597. The third-order valence-corrected chi connectivity index (χ3v) is 6.23. The Morgan fingerprint density at radius 1 is 1.19 bits per heavy atom. The van der Waals surface area contributed by atoms with Gasteiger partial charge < -0.3 is 14.4 Å². The van der Waals surface area contributed by atoms with E-state index < -0.39 is 10.0 Å². The van der Waals surface area contributed by atoms with Crippen molar-refractivity contribution in [2.75, 3.05) is 43.5 Å². The van der Waals surface area contributed by atoms with Crippen LogP contribution in [0, 0.1) is 0 Å². The SMILES string of the molecule is COCCN1CCCc2ccc(NS(=O)(=O)c3ccc(OC)c(Cl)c3)cc21. The van der Waals surface area contributed by atoms with E-state index in [2.05, 4.69) is 9.62 Å². The number of rotatable bonds is 7. The summed E-state index contributed by atoms with van der Waals surface area (Å²) in [6, 6.07) is 10.0. The first-order chi connectivity index (χ1) is 12.9. The van der Waals surface area contributed by atoms with E-state index in [9.17, 15) is 8.42 Å². The number of methoxy groups -OCH3 is 2. The van der Waals surface area contributed by atoms with Crippen LogP contribution >= 0.6 is 11.6 Å². The maximum atomic E-state index is 12.7. The predicted molar refractivity (Wildman–Crippen MR) is 108 cm³/mol. The van der Waals surface area contributed by atoms with Crippen LogP contribution in [0.4, 0.5) is 11.4 Å². The molecule has 3 rings (SSSR count). The summed E-state index contributed by atoms with van der Waals surface area (Å²) in [6.07, 6.45) is 2.06. The number of ether oxygens (including phenoxy) is 2. The van der Waals surface area contributed by atoms with Crippen molar-refractivity contribution < 1.29 is 17.9 Å². The number of nitrogens with zero attached hydrogens (tertiary/aromatic N) is 1. The zero-order valence-corrected chi connectivity index (χ0v) is 16.9. The highest BCUT2D eigenvalue weighted by molar-refractivity contribution is 7.92. The van der Waals surface area contributed by atoms with Gasteiger partial charge in [0.05, 0.1) is 29.3 Å². The smallest absolute Gasteiger partial charge is 0.261 e. The molecule has 2 aromatic rings. The molecule has 0 radical (unpaired) electrons. The van der Waals surface area contributed by atoms with Gasteiger partial charge >= 0.3 is 0 Å². The van der Waals surface area contributed by atoms with Crippen molar-refractivity contribution in [3.63, 3.8) is 0 Å². The first-order valence-corrected chi connectivity index (χ1v) is 10.5.